The van der Waals surface area contributed by atoms with Gasteiger partial charge >= 0.3 is 5.97 Å². The van der Waals surface area contributed by atoms with Crippen LogP contribution in [0.1, 0.15) is 51.6 Å². The van der Waals surface area contributed by atoms with Crippen molar-refractivity contribution in [3.63, 3.8) is 0 Å². The van der Waals surface area contributed by atoms with Crippen LogP contribution < -0.4 is 0 Å². The molecule has 2 aliphatic heterocycles. The van der Waals surface area contributed by atoms with Gasteiger partial charge in [-0.3, -0.25) is 19.3 Å². The minimum atomic E-state index is -1.12. The third-order valence-corrected chi connectivity index (χ3v) is 4.94. The molecule has 2 aromatic rings. The lowest BCUT2D eigenvalue weighted by Gasteiger charge is -2.20. The maximum absolute atomic E-state index is 12.6. The number of carboxylic acids is 1. The van der Waals surface area contributed by atoms with Crippen LogP contribution in [0.3, 0.4) is 0 Å². The minimum Gasteiger partial charge on any atom is -0.481 e. The van der Waals surface area contributed by atoms with Crippen molar-refractivity contribution in [2.45, 2.75) is 25.6 Å². The van der Waals surface area contributed by atoms with Gasteiger partial charge in [0.1, 0.15) is 6.26 Å². The molecule has 1 atom stereocenters. The first-order valence-corrected chi connectivity index (χ1v) is 9.12. The summed E-state index contributed by atoms with van der Waals surface area (Å²) in [6, 6.07) is 13.2. The highest BCUT2D eigenvalue weighted by Gasteiger charge is 2.38. The van der Waals surface area contributed by atoms with Gasteiger partial charge in [-0.25, -0.2) is 0 Å². The van der Waals surface area contributed by atoms with Gasteiger partial charge in [-0.1, -0.05) is 36.4 Å². The van der Waals surface area contributed by atoms with Crippen molar-refractivity contribution in [3.8, 4) is 0 Å². The molecule has 0 saturated heterocycles. The number of hydrogen-bond acceptors (Lipinski definition) is 5. The lowest BCUT2D eigenvalue weighted by atomic mass is 9.97. The molecule has 0 aromatic heterocycles. The van der Waals surface area contributed by atoms with E-state index in [2.05, 4.69) is 0 Å². The van der Waals surface area contributed by atoms with Crippen molar-refractivity contribution in [1.82, 2.24) is 4.90 Å². The van der Waals surface area contributed by atoms with Gasteiger partial charge in [0.2, 0.25) is 5.79 Å². The Kier molecular flexibility index (Phi) is 4.38. The third-order valence-electron chi connectivity index (χ3n) is 4.94. The molecule has 0 aliphatic carbocycles. The van der Waals surface area contributed by atoms with E-state index >= 15 is 0 Å². The van der Waals surface area contributed by atoms with Crippen LogP contribution >= 0.6 is 0 Å². The molecule has 2 aliphatic rings. The van der Waals surface area contributed by atoms with Crippen LogP contribution in [0.15, 0.2) is 54.8 Å². The first kappa shape index (κ1) is 18.7. The highest BCUT2D eigenvalue weighted by Crippen LogP contribution is 2.32. The van der Waals surface area contributed by atoms with Crippen LogP contribution in [-0.4, -0.2) is 40.1 Å². The van der Waals surface area contributed by atoms with E-state index in [1.54, 1.807) is 62.4 Å². The van der Waals surface area contributed by atoms with Gasteiger partial charge in [0.15, 0.2) is 5.76 Å². The molecule has 148 valence electrons. The Balaban J connectivity index is 1.56. The number of aliphatic carboxylic acids is 1. The van der Waals surface area contributed by atoms with Gasteiger partial charge in [0, 0.05) is 26.0 Å². The Morgan fingerprint density at radius 2 is 1.62 bits per heavy atom. The molecule has 4 rings (SSSR count). The highest BCUT2D eigenvalue weighted by atomic mass is 16.7. The van der Waals surface area contributed by atoms with E-state index in [4.69, 9.17) is 9.47 Å². The lowest BCUT2D eigenvalue weighted by molar-refractivity contribution is -0.138. The number of carboxylic acid groups (broad SMARTS) is 1. The van der Waals surface area contributed by atoms with Gasteiger partial charge < -0.3 is 14.6 Å². The van der Waals surface area contributed by atoms with Crippen LogP contribution in [0.25, 0.3) is 5.76 Å². The zero-order valence-corrected chi connectivity index (χ0v) is 15.9. The molecule has 0 spiro atoms. The Bertz CT molecular complexity index is 1000. The molecule has 0 saturated carbocycles. The zero-order chi connectivity index (χ0) is 20.8. The fraction of sp³-hybridized carbons (Fsp3) is 0.227. The average molecular weight is 393 g/mol. The van der Waals surface area contributed by atoms with Crippen molar-refractivity contribution in [2.75, 3.05) is 6.54 Å². The van der Waals surface area contributed by atoms with Gasteiger partial charge in [-0.05, 0) is 17.7 Å². The van der Waals surface area contributed by atoms with Crippen LogP contribution in [0, 0.1) is 0 Å². The average Bonchev–Trinajstić information content (AvgIpc) is 3.18. The number of ether oxygens (including phenoxy) is 2. The van der Waals surface area contributed by atoms with Gasteiger partial charge in [0.25, 0.3) is 11.8 Å². The molecule has 1 N–H and O–H groups in total. The second-order valence-corrected chi connectivity index (χ2v) is 7.38. The predicted octanol–water partition coefficient (Wildman–Crippen LogP) is 3.23. The van der Waals surface area contributed by atoms with Crippen molar-refractivity contribution in [3.05, 3.63) is 77.0 Å². The van der Waals surface area contributed by atoms with Crippen LogP contribution in [0.2, 0.25) is 0 Å². The van der Waals surface area contributed by atoms with E-state index in [-0.39, 0.29) is 6.54 Å². The molecule has 29 heavy (non-hydrogen) atoms. The van der Waals surface area contributed by atoms with Crippen molar-refractivity contribution < 1.29 is 29.0 Å². The standard InChI is InChI=1S/C22H19NO6/c1-22(2)28-12-18(29-22)14-9-7-13(8-10-14)17(21(26)27)11-23-19(24)15-5-3-4-6-16(15)20(23)25/h3-10,12,17H,11H2,1-2H3,(H,26,27). The number of nitrogens with zero attached hydrogens (tertiary/aromatic N) is 1. The van der Waals surface area contributed by atoms with E-state index in [9.17, 15) is 19.5 Å². The molecule has 1 unspecified atom stereocenters. The second-order valence-electron chi connectivity index (χ2n) is 7.38. The largest absolute Gasteiger partial charge is 0.481 e. The quantitative estimate of drug-likeness (QED) is 0.784. The first-order valence-electron chi connectivity index (χ1n) is 9.12. The summed E-state index contributed by atoms with van der Waals surface area (Å²) in [6.45, 7) is 3.33. The maximum Gasteiger partial charge on any atom is 0.312 e. The summed E-state index contributed by atoms with van der Waals surface area (Å²) in [7, 11) is 0. The molecule has 2 amide bonds. The van der Waals surface area contributed by atoms with E-state index in [1.807, 2.05) is 0 Å². The summed E-state index contributed by atoms with van der Waals surface area (Å²) in [5.41, 5.74) is 1.82. The molecular weight excluding hydrogens is 374 g/mol. The van der Waals surface area contributed by atoms with E-state index in [1.165, 1.54) is 6.26 Å². The summed E-state index contributed by atoms with van der Waals surface area (Å²) in [5.74, 6) is -3.31. The van der Waals surface area contributed by atoms with E-state index in [0.717, 1.165) is 10.5 Å². The summed E-state index contributed by atoms with van der Waals surface area (Å²) < 4.78 is 11.1. The number of hydrogen-bond donors (Lipinski definition) is 1. The van der Waals surface area contributed by atoms with Crippen LogP contribution in [0.5, 0.6) is 0 Å². The van der Waals surface area contributed by atoms with Crippen LogP contribution in [-0.2, 0) is 14.3 Å². The van der Waals surface area contributed by atoms with E-state index < -0.39 is 29.5 Å². The Morgan fingerprint density at radius 3 is 2.10 bits per heavy atom. The Morgan fingerprint density at radius 1 is 1.03 bits per heavy atom. The maximum atomic E-state index is 12.6. The van der Waals surface area contributed by atoms with E-state index in [0.29, 0.717) is 22.4 Å². The number of rotatable bonds is 5. The zero-order valence-electron chi connectivity index (χ0n) is 15.9. The topological polar surface area (TPSA) is 93.1 Å². The Hall–Kier alpha value is -3.61. The SMILES string of the molecule is CC1(C)OC=C(c2ccc(C(CN3C(=O)c4ccccc4C3=O)C(=O)O)cc2)O1. The molecule has 0 radical (unpaired) electrons. The number of carbonyl (C=O) groups is 3. The highest BCUT2D eigenvalue weighted by molar-refractivity contribution is 6.21. The van der Waals surface area contributed by atoms with Gasteiger partial charge in [-0.2, -0.15) is 0 Å². The molecule has 7 heteroatoms. The normalized spacial score (nSPS) is 18.0. The van der Waals surface area contributed by atoms with Crippen molar-refractivity contribution >= 4 is 23.5 Å². The summed E-state index contributed by atoms with van der Waals surface area (Å²) >= 11 is 0. The molecule has 2 aromatic carbocycles. The lowest BCUT2D eigenvalue weighted by Crippen LogP contribution is -2.36. The second kappa shape index (κ2) is 6.77. The number of benzene rings is 2. The first-order chi connectivity index (χ1) is 13.8. The number of imide groups is 1. The number of carbonyl (C=O) groups excluding carboxylic acids is 2. The molecule has 0 bridgehead atoms. The molecule has 0 fully saturated rings. The third kappa shape index (κ3) is 3.35. The predicted molar refractivity (Wildman–Crippen MR) is 103 cm³/mol. The fourth-order valence-corrected chi connectivity index (χ4v) is 3.43. The molecular formula is C22H19NO6. The van der Waals surface area contributed by atoms with Crippen LogP contribution in [0.4, 0.5) is 0 Å². The number of fused-ring (bicyclic) bond motifs is 1. The van der Waals surface area contributed by atoms with Gasteiger partial charge in [0.05, 0.1) is 17.0 Å². The molecule has 7 nitrogen and oxygen atoms in total. The summed E-state index contributed by atoms with van der Waals surface area (Å²) in [4.78, 5) is 38.0. The number of amides is 2. The molecule has 2 heterocycles. The van der Waals surface area contributed by atoms with Crippen molar-refractivity contribution in [2.24, 2.45) is 0 Å². The fourth-order valence-electron chi connectivity index (χ4n) is 3.43. The van der Waals surface area contributed by atoms with Crippen molar-refractivity contribution in [1.29, 1.82) is 0 Å². The summed E-state index contributed by atoms with van der Waals surface area (Å²) in [6.07, 6.45) is 1.52. The van der Waals surface area contributed by atoms with Gasteiger partial charge in [-0.15, -0.1) is 0 Å². The monoisotopic (exact) mass is 393 g/mol. The minimum absolute atomic E-state index is 0.240. The Labute approximate surface area is 167 Å². The summed E-state index contributed by atoms with van der Waals surface area (Å²) in [5, 5.41) is 9.72. The smallest absolute Gasteiger partial charge is 0.312 e.